The van der Waals surface area contributed by atoms with E-state index in [-0.39, 0.29) is 12.0 Å². The van der Waals surface area contributed by atoms with Crippen molar-refractivity contribution in [2.75, 3.05) is 22.4 Å². The second-order valence-corrected chi connectivity index (χ2v) is 12.8. The minimum absolute atomic E-state index is 0.255. The number of halogens is 1. The number of sulfonamides is 1. The minimum atomic E-state index is -3.63. The van der Waals surface area contributed by atoms with E-state index in [0.717, 1.165) is 29.6 Å². The minimum Gasteiger partial charge on any atom is -0.324 e. The second-order valence-electron chi connectivity index (χ2n) is 10.5. The Kier molecular flexibility index (Phi) is 5.73. The summed E-state index contributed by atoms with van der Waals surface area (Å²) < 4.78 is 26.3. The van der Waals surface area contributed by atoms with Crippen LogP contribution in [0.25, 0.3) is 0 Å². The van der Waals surface area contributed by atoms with Gasteiger partial charge in [0.05, 0.1) is 11.9 Å². The van der Waals surface area contributed by atoms with E-state index in [9.17, 15) is 13.2 Å². The summed E-state index contributed by atoms with van der Waals surface area (Å²) in [7, 11) is -3.63. The van der Waals surface area contributed by atoms with Crippen LogP contribution in [0.5, 0.6) is 0 Å². The lowest BCUT2D eigenvalue weighted by Gasteiger charge is -2.57. The first kappa shape index (κ1) is 22.7. The van der Waals surface area contributed by atoms with Gasteiger partial charge in [0.2, 0.25) is 15.9 Å². The normalized spacial score (nSPS) is 28.0. The molecule has 0 saturated heterocycles. The third-order valence-corrected chi connectivity index (χ3v) is 9.59. The van der Waals surface area contributed by atoms with E-state index in [1.54, 1.807) is 18.2 Å². The summed E-state index contributed by atoms with van der Waals surface area (Å²) in [5.41, 5.74) is 3.43. The van der Waals surface area contributed by atoms with Crippen molar-refractivity contribution < 1.29 is 13.2 Å². The van der Waals surface area contributed by atoms with Crippen LogP contribution >= 0.6 is 11.6 Å². The monoisotopic (exact) mass is 486 g/mol. The molecule has 33 heavy (non-hydrogen) atoms. The fraction of sp³-hybridized carbons (Fsp3) is 0.500. The third-order valence-electron chi connectivity index (χ3n) is 8.04. The van der Waals surface area contributed by atoms with Crippen molar-refractivity contribution in [2.24, 2.45) is 17.8 Å². The molecule has 4 fully saturated rings. The molecule has 0 aromatic heterocycles. The highest BCUT2D eigenvalue weighted by Gasteiger charge is 2.51. The Morgan fingerprint density at radius 2 is 1.61 bits per heavy atom. The number of nitrogens with one attached hydrogen (secondary N) is 1. The number of carbonyl (C=O) groups is 1. The molecular weight excluding hydrogens is 456 g/mol. The number of carbonyl (C=O) groups excluding carboxylic acids is 1. The van der Waals surface area contributed by atoms with E-state index >= 15 is 0 Å². The lowest BCUT2D eigenvalue weighted by molar-refractivity contribution is -0.114. The van der Waals surface area contributed by atoms with Crippen molar-refractivity contribution in [1.29, 1.82) is 0 Å². The van der Waals surface area contributed by atoms with Gasteiger partial charge in [-0.05, 0) is 104 Å². The smallest absolute Gasteiger partial charge is 0.245 e. The summed E-state index contributed by atoms with van der Waals surface area (Å²) in [5, 5.41) is 3.34. The Morgan fingerprint density at radius 3 is 2.15 bits per heavy atom. The predicted octanol–water partition coefficient (Wildman–Crippen LogP) is 5.52. The molecule has 176 valence electrons. The average molecular weight is 487 g/mol. The molecule has 0 atom stereocenters. The Morgan fingerprint density at radius 1 is 1.03 bits per heavy atom. The first-order valence-corrected chi connectivity index (χ1v) is 14.0. The molecule has 4 aliphatic carbocycles. The molecule has 1 N–H and O–H groups in total. The van der Waals surface area contributed by atoms with Crippen LogP contribution in [0.1, 0.15) is 49.7 Å². The summed E-state index contributed by atoms with van der Waals surface area (Å²) in [6.07, 6.45) is 9.08. The van der Waals surface area contributed by atoms with Gasteiger partial charge in [0, 0.05) is 10.7 Å². The van der Waals surface area contributed by atoms with Crippen molar-refractivity contribution >= 4 is 38.9 Å². The maximum Gasteiger partial charge on any atom is 0.245 e. The Bertz CT molecular complexity index is 1140. The van der Waals surface area contributed by atoms with Crippen molar-refractivity contribution in [1.82, 2.24) is 0 Å². The van der Waals surface area contributed by atoms with Gasteiger partial charge in [-0.15, -0.1) is 0 Å². The molecular formula is C26H31ClN2O3S. The van der Waals surface area contributed by atoms with Gasteiger partial charge < -0.3 is 5.32 Å². The molecule has 6 rings (SSSR count). The molecule has 0 spiro atoms. The quantitative estimate of drug-likeness (QED) is 0.584. The summed E-state index contributed by atoms with van der Waals surface area (Å²) in [6, 6.07) is 13.2. The van der Waals surface area contributed by atoms with E-state index in [4.69, 9.17) is 11.6 Å². The van der Waals surface area contributed by atoms with E-state index < -0.39 is 15.9 Å². The molecule has 4 saturated carbocycles. The molecule has 0 unspecified atom stereocenters. The van der Waals surface area contributed by atoms with Gasteiger partial charge in [0.1, 0.15) is 6.54 Å². The average Bonchev–Trinajstić information content (AvgIpc) is 2.74. The second kappa shape index (κ2) is 8.31. The van der Waals surface area contributed by atoms with Crippen molar-refractivity contribution in [3.05, 3.63) is 58.6 Å². The van der Waals surface area contributed by atoms with Crippen LogP contribution in [0.2, 0.25) is 5.02 Å². The first-order valence-electron chi connectivity index (χ1n) is 11.8. The number of hydrogen-bond donors (Lipinski definition) is 1. The lowest BCUT2D eigenvalue weighted by Crippen LogP contribution is -2.48. The maximum atomic E-state index is 12.7. The van der Waals surface area contributed by atoms with Crippen LogP contribution < -0.4 is 9.62 Å². The fourth-order valence-electron chi connectivity index (χ4n) is 6.91. The summed E-state index contributed by atoms with van der Waals surface area (Å²) in [4.78, 5) is 12.7. The maximum absolute atomic E-state index is 12.7. The molecule has 4 bridgehead atoms. The van der Waals surface area contributed by atoms with Crippen LogP contribution in [0, 0.1) is 24.7 Å². The number of benzene rings is 2. The zero-order valence-electron chi connectivity index (χ0n) is 19.2. The standard InChI is InChI=1S/C26H31ClN2O3S/c1-17-23(27)4-3-5-24(17)28-25(30)16-29(33(2,31)32)22-8-6-21(7-9-22)26-13-18-10-19(14-26)12-20(11-18)15-26/h3-9,18-20H,10-16H2,1-2H3,(H,28,30). The van der Waals surface area contributed by atoms with Gasteiger partial charge in [-0.1, -0.05) is 29.8 Å². The van der Waals surface area contributed by atoms with Gasteiger partial charge in [-0.3, -0.25) is 9.10 Å². The van der Waals surface area contributed by atoms with Crippen molar-refractivity contribution in [3.8, 4) is 0 Å². The molecule has 0 heterocycles. The highest BCUT2D eigenvalue weighted by Crippen LogP contribution is 2.60. The summed E-state index contributed by atoms with van der Waals surface area (Å²) in [6.45, 7) is 1.52. The van der Waals surface area contributed by atoms with E-state index in [0.29, 0.717) is 16.4 Å². The highest BCUT2D eigenvalue weighted by molar-refractivity contribution is 7.92. The predicted molar refractivity (Wildman–Crippen MR) is 133 cm³/mol. The number of hydrogen-bond acceptors (Lipinski definition) is 3. The molecule has 4 aliphatic rings. The third kappa shape index (κ3) is 4.40. The fourth-order valence-corrected chi connectivity index (χ4v) is 7.94. The number of rotatable bonds is 6. The molecule has 7 heteroatoms. The van der Waals surface area contributed by atoms with Crippen LogP contribution in [-0.2, 0) is 20.2 Å². The highest BCUT2D eigenvalue weighted by atomic mass is 35.5. The Balaban J connectivity index is 1.35. The number of amides is 1. The summed E-state index contributed by atoms with van der Waals surface area (Å²) >= 11 is 6.14. The first-order chi connectivity index (χ1) is 15.6. The molecule has 1 amide bonds. The van der Waals surface area contributed by atoms with Gasteiger partial charge in [0.15, 0.2) is 0 Å². The zero-order valence-corrected chi connectivity index (χ0v) is 20.8. The Labute approximate surface area is 201 Å². The van der Waals surface area contributed by atoms with Crippen LogP contribution in [0.4, 0.5) is 11.4 Å². The lowest BCUT2D eigenvalue weighted by atomic mass is 9.48. The van der Waals surface area contributed by atoms with E-state index in [1.807, 2.05) is 19.1 Å². The van der Waals surface area contributed by atoms with Gasteiger partial charge in [-0.25, -0.2) is 8.42 Å². The molecule has 5 nitrogen and oxygen atoms in total. The SMILES string of the molecule is Cc1c(Cl)cccc1NC(=O)CN(c1ccc(C23CC4CC(CC(C4)C2)C3)cc1)S(C)(=O)=O. The molecule has 0 radical (unpaired) electrons. The van der Waals surface area contributed by atoms with Crippen LogP contribution in [0.15, 0.2) is 42.5 Å². The summed E-state index contributed by atoms with van der Waals surface area (Å²) in [5.74, 6) is 2.14. The van der Waals surface area contributed by atoms with Gasteiger partial charge >= 0.3 is 0 Å². The zero-order chi connectivity index (χ0) is 23.4. The van der Waals surface area contributed by atoms with Crippen LogP contribution in [-0.4, -0.2) is 27.1 Å². The largest absolute Gasteiger partial charge is 0.324 e. The molecule has 2 aromatic carbocycles. The van der Waals surface area contributed by atoms with Crippen LogP contribution in [0.3, 0.4) is 0 Å². The topological polar surface area (TPSA) is 66.5 Å². The van der Waals surface area contributed by atoms with Gasteiger partial charge in [-0.2, -0.15) is 0 Å². The van der Waals surface area contributed by atoms with Crippen molar-refractivity contribution in [3.63, 3.8) is 0 Å². The van der Waals surface area contributed by atoms with E-state index in [2.05, 4.69) is 17.4 Å². The van der Waals surface area contributed by atoms with Crippen molar-refractivity contribution in [2.45, 2.75) is 50.9 Å². The number of anilines is 2. The molecule has 2 aromatic rings. The van der Waals surface area contributed by atoms with Gasteiger partial charge in [0.25, 0.3) is 0 Å². The number of nitrogens with zero attached hydrogens (tertiary/aromatic N) is 1. The Hall–Kier alpha value is -2.05. The molecule has 0 aliphatic heterocycles. The van der Waals surface area contributed by atoms with E-state index in [1.165, 1.54) is 48.4 Å².